The van der Waals surface area contributed by atoms with Crippen molar-refractivity contribution in [2.24, 2.45) is 5.92 Å². The van der Waals surface area contributed by atoms with Crippen LogP contribution in [-0.2, 0) is 15.1 Å². The van der Waals surface area contributed by atoms with Crippen molar-refractivity contribution >= 4 is 5.97 Å². The fourth-order valence-corrected chi connectivity index (χ4v) is 4.61. The van der Waals surface area contributed by atoms with Gasteiger partial charge in [0, 0.05) is 12.5 Å². The topological polar surface area (TPSA) is 58.6 Å². The number of carbonyl (C=O) groups excluding carboxylic acids is 1. The predicted octanol–water partition coefficient (Wildman–Crippen LogP) is 4.89. The van der Waals surface area contributed by atoms with Crippen LogP contribution >= 0.6 is 0 Å². The molecule has 0 aromatic heterocycles. The molecule has 32 heavy (non-hydrogen) atoms. The highest BCUT2D eigenvalue weighted by Crippen LogP contribution is 2.51. The molecule has 0 unspecified atom stereocenters. The Morgan fingerprint density at radius 1 is 0.906 bits per heavy atom. The van der Waals surface area contributed by atoms with Crippen molar-refractivity contribution < 1.29 is 14.6 Å². The highest BCUT2D eigenvalue weighted by Gasteiger charge is 2.47. The lowest BCUT2D eigenvalue weighted by Gasteiger charge is -2.39. The maximum Gasteiger partial charge on any atom is 0.324 e. The third-order valence-corrected chi connectivity index (χ3v) is 6.05. The summed E-state index contributed by atoms with van der Waals surface area (Å²) in [4.78, 5) is 13.3. The van der Waals surface area contributed by atoms with Crippen LogP contribution in [0.1, 0.15) is 44.4 Å². The molecule has 0 amide bonds. The third kappa shape index (κ3) is 3.85. The number of benzene rings is 3. The molecule has 0 fully saturated rings. The summed E-state index contributed by atoms with van der Waals surface area (Å²) < 4.78 is 5.78. The summed E-state index contributed by atoms with van der Waals surface area (Å²) in [6, 6.07) is 26.1. The zero-order valence-electron chi connectivity index (χ0n) is 19.1. The number of nitrogens with one attached hydrogen (secondary N) is 1. The summed E-state index contributed by atoms with van der Waals surface area (Å²) in [5, 5.41) is 13.7. The third-order valence-electron chi connectivity index (χ3n) is 6.05. The van der Waals surface area contributed by atoms with Crippen LogP contribution in [0.4, 0.5) is 0 Å². The molecule has 2 atom stereocenters. The van der Waals surface area contributed by atoms with Gasteiger partial charge < -0.3 is 9.84 Å². The van der Waals surface area contributed by atoms with Gasteiger partial charge in [-0.1, -0.05) is 85.8 Å². The van der Waals surface area contributed by atoms with Crippen LogP contribution in [-0.4, -0.2) is 29.3 Å². The number of carbonyl (C=O) groups is 1. The average molecular weight is 430 g/mol. The molecule has 0 radical (unpaired) electrons. The van der Waals surface area contributed by atoms with E-state index in [4.69, 9.17) is 4.74 Å². The van der Waals surface area contributed by atoms with E-state index < -0.39 is 17.2 Å². The molecule has 1 aliphatic carbocycles. The van der Waals surface area contributed by atoms with Crippen LogP contribution in [0.25, 0.3) is 11.1 Å². The lowest BCUT2D eigenvalue weighted by atomic mass is 9.79. The summed E-state index contributed by atoms with van der Waals surface area (Å²) in [5.41, 5.74) is 4.11. The van der Waals surface area contributed by atoms with E-state index in [2.05, 4.69) is 41.7 Å². The number of hydrogen-bond acceptors (Lipinski definition) is 4. The van der Waals surface area contributed by atoms with Crippen LogP contribution in [0.15, 0.2) is 78.9 Å². The van der Waals surface area contributed by atoms with E-state index in [1.54, 1.807) is 0 Å². The van der Waals surface area contributed by atoms with Gasteiger partial charge in [0.1, 0.15) is 11.6 Å². The molecule has 0 bridgehead atoms. The second-order valence-corrected chi connectivity index (χ2v) is 9.52. The van der Waals surface area contributed by atoms with Crippen molar-refractivity contribution in [1.82, 2.24) is 5.32 Å². The lowest BCUT2D eigenvalue weighted by molar-refractivity contribution is -0.159. The Morgan fingerprint density at radius 3 is 1.91 bits per heavy atom. The molecule has 0 heterocycles. The van der Waals surface area contributed by atoms with Crippen LogP contribution in [0.5, 0.6) is 0 Å². The second kappa shape index (κ2) is 8.53. The van der Waals surface area contributed by atoms with Gasteiger partial charge in [0.05, 0.1) is 5.54 Å². The molecule has 0 aliphatic heterocycles. The second-order valence-electron chi connectivity index (χ2n) is 9.52. The fourth-order valence-electron chi connectivity index (χ4n) is 4.61. The summed E-state index contributed by atoms with van der Waals surface area (Å²) in [5.74, 6) is -0.707. The molecule has 2 N–H and O–H groups in total. The Balaban J connectivity index is 1.94. The first kappa shape index (κ1) is 22.3. The minimum absolute atomic E-state index is 0.134. The molecule has 0 saturated carbocycles. The Kier molecular flexibility index (Phi) is 5.93. The van der Waals surface area contributed by atoms with Crippen LogP contribution in [0.3, 0.4) is 0 Å². The zero-order chi connectivity index (χ0) is 22.9. The molecule has 3 aromatic rings. The molecular weight excluding hydrogens is 398 g/mol. The number of fused-ring (bicyclic) bond motifs is 3. The molecule has 4 heteroatoms. The summed E-state index contributed by atoms with van der Waals surface area (Å²) in [6.07, 6.45) is 0. The molecule has 0 spiro atoms. The van der Waals surface area contributed by atoms with Crippen LogP contribution < -0.4 is 5.32 Å². The Morgan fingerprint density at radius 2 is 1.41 bits per heavy atom. The Bertz CT molecular complexity index is 1060. The molecular formula is C28H31NO3. The van der Waals surface area contributed by atoms with Gasteiger partial charge in [0.25, 0.3) is 0 Å². The SMILES string of the molecule is C[C@@H](CO)[C@H](NC1(c2ccccc2)c2ccccc2-c2ccccc21)C(=O)OC(C)(C)C. The smallest absolute Gasteiger partial charge is 0.324 e. The predicted molar refractivity (Wildman–Crippen MR) is 127 cm³/mol. The van der Waals surface area contributed by atoms with Gasteiger partial charge >= 0.3 is 5.97 Å². The molecule has 4 nitrogen and oxygen atoms in total. The highest BCUT2D eigenvalue weighted by molar-refractivity contribution is 5.84. The fraction of sp³-hybridized carbons (Fsp3) is 0.321. The van der Waals surface area contributed by atoms with Gasteiger partial charge in [0.15, 0.2) is 0 Å². The average Bonchev–Trinajstić information content (AvgIpc) is 3.07. The van der Waals surface area contributed by atoms with Crippen molar-refractivity contribution in [3.63, 3.8) is 0 Å². The molecule has 0 saturated heterocycles. The van der Waals surface area contributed by atoms with Crippen LogP contribution in [0, 0.1) is 5.92 Å². The zero-order valence-corrected chi connectivity index (χ0v) is 19.1. The van der Waals surface area contributed by atoms with Gasteiger partial charge in [-0.3, -0.25) is 10.1 Å². The number of aliphatic hydroxyl groups excluding tert-OH is 1. The van der Waals surface area contributed by atoms with E-state index in [0.29, 0.717) is 0 Å². The number of ether oxygens (including phenoxy) is 1. The van der Waals surface area contributed by atoms with Gasteiger partial charge in [-0.15, -0.1) is 0 Å². The first-order valence-electron chi connectivity index (χ1n) is 11.1. The summed E-state index contributed by atoms with van der Waals surface area (Å²) >= 11 is 0. The number of esters is 1. The number of hydrogen-bond donors (Lipinski definition) is 2. The number of rotatable bonds is 6. The normalized spacial score (nSPS) is 16.0. The van der Waals surface area contributed by atoms with E-state index in [0.717, 1.165) is 27.8 Å². The van der Waals surface area contributed by atoms with Gasteiger partial charge in [-0.05, 0) is 48.6 Å². The van der Waals surface area contributed by atoms with E-state index in [-0.39, 0.29) is 18.5 Å². The van der Waals surface area contributed by atoms with Crippen LogP contribution in [0.2, 0.25) is 0 Å². The van der Waals surface area contributed by atoms with Crippen molar-refractivity contribution in [2.75, 3.05) is 6.61 Å². The van der Waals surface area contributed by atoms with Gasteiger partial charge in [-0.25, -0.2) is 0 Å². The first-order valence-corrected chi connectivity index (χ1v) is 11.1. The molecule has 4 rings (SSSR count). The van der Waals surface area contributed by atoms with Crippen molar-refractivity contribution in [3.05, 3.63) is 95.6 Å². The largest absolute Gasteiger partial charge is 0.459 e. The maximum atomic E-state index is 13.3. The standard InChI is InChI=1S/C28H31NO3/c1-19(18-30)25(26(31)32-27(2,3)4)29-28(20-12-6-5-7-13-20)23-16-10-8-14-21(23)22-15-9-11-17-24(22)28/h5-17,19,25,29-30H,18H2,1-4H3/t19-,25-/m0/s1. The van der Waals surface area contributed by atoms with E-state index in [9.17, 15) is 9.90 Å². The first-order chi connectivity index (χ1) is 15.3. The quantitative estimate of drug-likeness (QED) is 0.548. The van der Waals surface area contributed by atoms with E-state index in [1.807, 2.05) is 70.2 Å². The van der Waals surface area contributed by atoms with Gasteiger partial charge in [0.2, 0.25) is 0 Å². The maximum absolute atomic E-state index is 13.3. The number of aliphatic hydroxyl groups is 1. The monoisotopic (exact) mass is 429 g/mol. The summed E-state index contributed by atoms with van der Waals surface area (Å²) in [7, 11) is 0. The highest BCUT2D eigenvalue weighted by atomic mass is 16.6. The Labute approximate surface area is 190 Å². The lowest BCUT2D eigenvalue weighted by Crippen LogP contribution is -2.55. The van der Waals surface area contributed by atoms with E-state index in [1.165, 1.54) is 0 Å². The molecule has 166 valence electrons. The van der Waals surface area contributed by atoms with E-state index >= 15 is 0 Å². The minimum Gasteiger partial charge on any atom is -0.459 e. The van der Waals surface area contributed by atoms with Crippen molar-refractivity contribution in [3.8, 4) is 11.1 Å². The Hall–Kier alpha value is -2.95. The molecule has 3 aromatic carbocycles. The summed E-state index contributed by atoms with van der Waals surface area (Å²) in [6.45, 7) is 7.31. The van der Waals surface area contributed by atoms with Crippen molar-refractivity contribution in [1.29, 1.82) is 0 Å². The van der Waals surface area contributed by atoms with Crippen molar-refractivity contribution in [2.45, 2.75) is 44.9 Å². The minimum atomic E-state index is -0.751. The molecule has 1 aliphatic rings. The van der Waals surface area contributed by atoms with Gasteiger partial charge in [-0.2, -0.15) is 0 Å².